The summed E-state index contributed by atoms with van der Waals surface area (Å²) in [6.45, 7) is 7.38. The van der Waals surface area contributed by atoms with Gasteiger partial charge in [-0.25, -0.2) is 0 Å². The number of nitrogens with zero attached hydrogens (tertiary/aromatic N) is 3. The molecular weight excluding hydrogens is 274 g/mol. The summed E-state index contributed by atoms with van der Waals surface area (Å²) >= 11 is 0. The lowest BCUT2D eigenvalue weighted by molar-refractivity contribution is 0.234. The van der Waals surface area contributed by atoms with Gasteiger partial charge in [-0.2, -0.15) is 5.10 Å². The Labute approximate surface area is 134 Å². The van der Waals surface area contributed by atoms with Crippen molar-refractivity contribution in [2.75, 3.05) is 20.1 Å². The van der Waals surface area contributed by atoms with Gasteiger partial charge in [0, 0.05) is 32.5 Å². The number of hydrogen-bond acceptors (Lipinski definition) is 2. The molecule has 1 aromatic rings. The highest BCUT2D eigenvalue weighted by atomic mass is 15.3. The number of guanidine groups is 1. The predicted molar refractivity (Wildman–Crippen MR) is 91.9 cm³/mol. The van der Waals surface area contributed by atoms with E-state index in [0.717, 1.165) is 31.5 Å². The predicted octanol–water partition coefficient (Wildman–Crippen LogP) is 2.65. The van der Waals surface area contributed by atoms with Crippen LogP contribution >= 0.6 is 0 Å². The van der Waals surface area contributed by atoms with Crippen LogP contribution < -0.4 is 10.6 Å². The van der Waals surface area contributed by atoms with Crippen molar-refractivity contribution in [2.45, 2.75) is 52.5 Å². The van der Waals surface area contributed by atoms with Crippen LogP contribution in [0.5, 0.6) is 0 Å². The van der Waals surface area contributed by atoms with E-state index in [-0.39, 0.29) is 0 Å². The first-order valence-corrected chi connectivity index (χ1v) is 8.55. The Kier molecular flexibility index (Phi) is 6.28. The maximum absolute atomic E-state index is 4.34. The van der Waals surface area contributed by atoms with E-state index >= 15 is 0 Å². The summed E-state index contributed by atoms with van der Waals surface area (Å²) < 4.78 is 1.93. The zero-order valence-electron chi connectivity index (χ0n) is 14.3. The molecule has 2 rings (SSSR count). The molecule has 1 saturated carbocycles. The summed E-state index contributed by atoms with van der Waals surface area (Å²) in [5.74, 6) is 1.66. The molecule has 0 atom stereocenters. The lowest BCUT2D eigenvalue weighted by atomic mass is 9.78. The molecule has 0 radical (unpaired) electrons. The molecule has 0 unspecified atom stereocenters. The highest BCUT2D eigenvalue weighted by molar-refractivity contribution is 5.79. The van der Waals surface area contributed by atoms with Crippen molar-refractivity contribution in [3.63, 3.8) is 0 Å². The molecule has 0 bridgehead atoms. The van der Waals surface area contributed by atoms with Crippen molar-refractivity contribution in [1.29, 1.82) is 0 Å². The standard InChI is InChI=1S/C17H31N5/c1-15(2)13-17(7-4-5-8-17)14-20-16(18-3)19-10-12-22-11-6-9-21-22/h6,9,11,15H,4-5,7-8,10,12-14H2,1-3H3,(H2,18,19,20). The molecule has 1 aliphatic rings. The quantitative estimate of drug-likeness (QED) is 0.601. The average molecular weight is 305 g/mol. The molecule has 5 nitrogen and oxygen atoms in total. The van der Waals surface area contributed by atoms with Gasteiger partial charge in [0.15, 0.2) is 5.96 Å². The Balaban J connectivity index is 1.77. The third-order valence-corrected chi connectivity index (χ3v) is 4.55. The Morgan fingerprint density at radius 2 is 2.09 bits per heavy atom. The van der Waals surface area contributed by atoms with Gasteiger partial charge < -0.3 is 10.6 Å². The van der Waals surface area contributed by atoms with Crippen molar-refractivity contribution in [2.24, 2.45) is 16.3 Å². The normalized spacial score (nSPS) is 17.9. The van der Waals surface area contributed by atoms with Crippen LogP contribution in [-0.4, -0.2) is 35.9 Å². The van der Waals surface area contributed by atoms with E-state index in [1.54, 1.807) is 0 Å². The number of aliphatic imine (C=N–C) groups is 1. The zero-order chi connectivity index (χ0) is 15.8. The molecule has 1 fully saturated rings. The van der Waals surface area contributed by atoms with Crippen LogP contribution in [0.15, 0.2) is 23.5 Å². The van der Waals surface area contributed by atoms with Crippen LogP contribution in [0.3, 0.4) is 0 Å². The summed E-state index contributed by atoms with van der Waals surface area (Å²) in [6.07, 6.45) is 10.5. The first kappa shape index (κ1) is 16.8. The van der Waals surface area contributed by atoms with E-state index in [9.17, 15) is 0 Å². The topological polar surface area (TPSA) is 54.2 Å². The SMILES string of the molecule is CN=C(NCCn1cccn1)NCC1(CC(C)C)CCCC1. The molecule has 1 aromatic heterocycles. The monoisotopic (exact) mass is 305 g/mol. The lowest BCUT2D eigenvalue weighted by Gasteiger charge is -2.31. The molecule has 2 N–H and O–H groups in total. The van der Waals surface area contributed by atoms with Crippen molar-refractivity contribution in [3.8, 4) is 0 Å². The molecule has 124 valence electrons. The second kappa shape index (κ2) is 8.20. The van der Waals surface area contributed by atoms with E-state index in [0.29, 0.717) is 5.41 Å². The maximum atomic E-state index is 4.34. The first-order valence-electron chi connectivity index (χ1n) is 8.55. The van der Waals surface area contributed by atoms with Gasteiger partial charge in [-0.3, -0.25) is 9.67 Å². The van der Waals surface area contributed by atoms with E-state index in [1.165, 1.54) is 32.1 Å². The summed E-state index contributed by atoms with van der Waals surface area (Å²) in [5.41, 5.74) is 0.466. The van der Waals surface area contributed by atoms with Crippen LogP contribution in [0.1, 0.15) is 46.0 Å². The Morgan fingerprint density at radius 3 is 2.68 bits per heavy atom. The number of nitrogens with one attached hydrogen (secondary N) is 2. The van der Waals surface area contributed by atoms with Gasteiger partial charge >= 0.3 is 0 Å². The molecule has 0 amide bonds. The van der Waals surface area contributed by atoms with Gasteiger partial charge in [0.2, 0.25) is 0 Å². The van der Waals surface area contributed by atoms with Gasteiger partial charge in [0.1, 0.15) is 0 Å². The maximum Gasteiger partial charge on any atom is 0.191 e. The fourth-order valence-electron chi connectivity index (χ4n) is 3.66. The number of aromatic nitrogens is 2. The van der Waals surface area contributed by atoms with Crippen molar-refractivity contribution < 1.29 is 0 Å². The van der Waals surface area contributed by atoms with E-state index in [4.69, 9.17) is 0 Å². The highest BCUT2D eigenvalue weighted by Crippen LogP contribution is 2.42. The average Bonchev–Trinajstić information content (AvgIpc) is 3.14. The molecule has 5 heteroatoms. The van der Waals surface area contributed by atoms with Crippen LogP contribution in [0.25, 0.3) is 0 Å². The van der Waals surface area contributed by atoms with Crippen LogP contribution in [0, 0.1) is 11.3 Å². The minimum Gasteiger partial charge on any atom is -0.356 e. The van der Waals surface area contributed by atoms with Gasteiger partial charge in [-0.15, -0.1) is 0 Å². The third kappa shape index (κ3) is 5.04. The second-order valence-electron chi connectivity index (χ2n) is 6.93. The molecule has 1 aliphatic carbocycles. The van der Waals surface area contributed by atoms with Gasteiger partial charge in [-0.05, 0) is 36.7 Å². The summed E-state index contributed by atoms with van der Waals surface area (Å²) in [7, 11) is 1.84. The van der Waals surface area contributed by atoms with Crippen molar-refractivity contribution in [3.05, 3.63) is 18.5 Å². The molecule has 0 saturated heterocycles. The second-order valence-corrected chi connectivity index (χ2v) is 6.93. The Bertz CT molecular complexity index is 444. The van der Waals surface area contributed by atoms with E-state index in [1.807, 2.05) is 30.2 Å². The summed E-state index contributed by atoms with van der Waals surface area (Å²) in [5, 5.41) is 11.1. The molecule has 0 aliphatic heterocycles. The first-order chi connectivity index (χ1) is 10.6. The lowest BCUT2D eigenvalue weighted by Crippen LogP contribution is -2.44. The number of rotatable bonds is 7. The van der Waals surface area contributed by atoms with Crippen molar-refractivity contribution in [1.82, 2.24) is 20.4 Å². The fourth-order valence-corrected chi connectivity index (χ4v) is 3.66. The minimum atomic E-state index is 0.466. The van der Waals surface area contributed by atoms with Crippen molar-refractivity contribution >= 4 is 5.96 Å². The highest BCUT2D eigenvalue weighted by Gasteiger charge is 2.34. The smallest absolute Gasteiger partial charge is 0.191 e. The van der Waals surface area contributed by atoms with E-state index in [2.05, 4.69) is 34.6 Å². The largest absolute Gasteiger partial charge is 0.356 e. The van der Waals surface area contributed by atoms with Gasteiger partial charge in [-0.1, -0.05) is 26.7 Å². The molecule has 0 spiro atoms. The summed E-state index contributed by atoms with van der Waals surface area (Å²) in [6, 6.07) is 1.95. The summed E-state index contributed by atoms with van der Waals surface area (Å²) in [4.78, 5) is 4.34. The Morgan fingerprint density at radius 1 is 1.32 bits per heavy atom. The number of hydrogen-bond donors (Lipinski definition) is 2. The molecule has 0 aromatic carbocycles. The van der Waals surface area contributed by atoms with Crippen LogP contribution in [0.2, 0.25) is 0 Å². The Hall–Kier alpha value is -1.52. The third-order valence-electron chi connectivity index (χ3n) is 4.55. The van der Waals surface area contributed by atoms with Crippen LogP contribution in [0.4, 0.5) is 0 Å². The van der Waals surface area contributed by atoms with Gasteiger partial charge in [0.25, 0.3) is 0 Å². The zero-order valence-corrected chi connectivity index (χ0v) is 14.3. The molecule has 22 heavy (non-hydrogen) atoms. The van der Waals surface area contributed by atoms with E-state index < -0.39 is 0 Å². The van der Waals surface area contributed by atoms with Gasteiger partial charge in [0.05, 0.1) is 6.54 Å². The molecule has 1 heterocycles. The fraction of sp³-hybridized carbons (Fsp3) is 0.765. The van der Waals surface area contributed by atoms with Crippen LogP contribution in [-0.2, 0) is 6.54 Å². The molecular formula is C17H31N5. The minimum absolute atomic E-state index is 0.466.